The number of carbonyl (C=O) groups is 4. The Morgan fingerprint density at radius 1 is 0.326 bits per heavy atom. The van der Waals surface area contributed by atoms with Gasteiger partial charge in [0.15, 0.2) is 12.2 Å². The van der Waals surface area contributed by atoms with Crippen LogP contribution in [-0.4, -0.2) is 96.7 Å². The molecule has 3 N–H and O–H groups in total. The molecule has 2 unspecified atom stereocenters. The van der Waals surface area contributed by atoms with Crippen LogP contribution in [0.2, 0.25) is 0 Å². The Hall–Kier alpha value is -2.46. The fourth-order valence-electron chi connectivity index (χ4n) is 11.1. The molecule has 560 valence electrons. The molecule has 0 aromatic rings. The first-order chi connectivity index (χ1) is 45.9. The van der Waals surface area contributed by atoms with Gasteiger partial charge in [-0.1, -0.05) is 316 Å². The maximum absolute atomic E-state index is 13.1. The van der Waals surface area contributed by atoms with Crippen LogP contribution in [0.15, 0.2) is 24.3 Å². The van der Waals surface area contributed by atoms with Crippen LogP contribution in [0.5, 0.6) is 0 Å². The van der Waals surface area contributed by atoms with Gasteiger partial charge in [-0.05, 0) is 63.2 Å². The quantitative estimate of drug-likeness (QED) is 0.0169. The monoisotopic (exact) mass is 1390 g/mol. The lowest BCUT2D eigenvalue weighted by Crippen LogP contribution is -2.30. The summed E-state index contributed by atoms with van der Waals surface area (Å²) in [6.45, 7) is 9.49. The summed E-state index contributed by atoms with van der Waals surface area (Å²) >= 11 is 0. The van der Waals surface area contributed by atoms with Crippen molar-refractivity contribution in [2.45, 2.75) is 387 Å². The van der Waals surface area contributed by atoms with Gasteiger partial charge >= 0.3 is 39.5 Å². The number of aliphatic hydroxyl groups is 1. The topological polar surface area (TPSA) is 237 Å². The zero-order valence-corrected chi connectivity index (χ0v) is 63.2. The minimum atomic E-state index is -4.96. The fourth-order valence-corrected chi connectivity index (χ4v) is 12.7. The molecule has 0 aliphatic heterocycles. The SMILES string of the molecule is CCCCCC/C=C\C=C/CCCCCCCC(=O)OC[C@H](COP(=O)(O)OC[C@@H](O)COP(=O)(O)OC[C@@H](COC(=O)CCCCCCCCCC(C)C)OC(=O)CCCCCCCCCCCCCCCC)OC(=O)CCCCCCCCCCCCCCCC(C)C. The van der Waals surface area contributed by atoms with Crippen molar-refractivity contribution in [1.29, 1.82) is 0 Å². The number of esters is 4. The third kappa shape index (κ3) is 69.8. The van der Waals surface area contributed by atoms with Crippen LogP contribution in [0.3, 0.4) is 0 Å². The summed E-state index contributed by atoms with van der Waals surface area (Å²) in [5, 5.41) is 10.6. The summed E-state index contributed by atoms with van der Waals surface area (Å²) in [4.78, 5) is 72.8. The molecule has 0 aliphatic carbocycles. The Morgan fingerprint density at radius 3 is 0.863 bits per heavy atom. The molecule has 95 heavy (non-hydrogen) atoms. The lowest BCUT2D eigenvalue weighted by Gasteiger charge is -2.21. The van der Waals surface area contributed by atoms with Crippen molar-refractivity contribution in [1.82, 2.24) is 0 Å². The first-order valence-electron chi connectivity index (χ1n) is 38.8. The summed E-state index contributed by atoms with van der Waals surface area (Å²) in [7, 11) is -9.92. The number of aliphatic hydroxyl groups excluding tert-OH is 1. The van der Waals surface area contributed by atoms with E-state index in [0.717, 1.165) is 121 Å². The molecule has 0 radical (unpaired) electrons. The number of carbonyl (C=O) groups excluding carboxylic acids is 4. The minimum absolute atomic E-state index is 0.100. The second-order valence-corrected chi connectivity index (χ2v) is 30.6. The molecule has 0 amide bonds. The van der Waals surface area contributed by atoms with E-state index in [9.17, 15) is 43.2 Å². The van der Waals surface area contributed by atoms with Crippen molar-refractivity contribution in [2.75, 3.05) is 39.6 Å². The summed E-state index contributed by atoms with van der Waals surface area (Å²) < 4.78 is 68.5. The van der Waals surface area contributed by atoms with Gasteiger partial charge < -0.3 is 33.8 Å². The van der Waals surface area contributed by atoms with Gasteiger partial charge in [-0.25, -0.2) is 9.13 Å². The molecule has 0 fully saturated rings. The smallest absolute Gasteiger partial charge is 0.462 e. The van der Waals surface area contributed by atoms with Crippen LogP contribution in [0.1, 0.15) is 369 Å². The molecule has 0 saturated heterocycles. The molecule has 0 bridgehead atoms. The highest BCUT2D eigenvalue weighted by Gasteiger charge is 2.30. The third-order valence-corrected chi connectivity index (χ3v) is 19.0. The molecular weight excluding hydrogens is 1250 g/mol. The Balaban J connectivity index is 5.29. The van der Waals surface area contributed by atoms with Gasteiger partial charge in [-0.3, -0.25) is 37.3 Å². The number of allylic oxidation sites excluding steroid dienone is 4. The number of phosphoric ester groups is 2. The van der Waals surface area contributed by atoms with Crippen molar-refractivity contribution < 1.29 is 80.2 Å². The van der Waals surface area contributed by atoms with Crippen molar-refractivity contribution in [2.24, 2.45) is 11.8 Å². The lowest BCUT2D eigenvalue weighted by atomic mass is 10.0. The maximum Gasteiger partial charge on any atom is 0.472 e. The van der Waals surface area contributed by atoms with Crippen LogP contribution in [0, 0.1) is 11.8 Å². The van der Waals surface area contributed by atoms with Crippen LogP contribution >= 0.6 is 15.6 Å². The first-order valence-corrected chi connectivity index (χ1v) is 41.8. The van der Waals surface area contributed by atoms with Gasteiger partial charge in [-0.15, -0.1) is 0 Å². The predicted octanol–water partition coefficient (Wildman–Crippen LogP) is 21.9. The summed E-state index contributed by atoms with van der Waals surface area (Å²) in [5.74, 6) is -0.658. The van der Waals surface area contributed by atoms with E-state index in [1.165, 1.54) is 161 Å². The molecule has 0 aliphatic rings. The van der Waals surface area contributed by atoms with Crippen molar-refractivity contribution in [3.05, 3.63) is 24.3 Å². The highest BCUT2D eigenvalue weighted by molar-refractivity contribution is 7.47. The Labute approximate surface area is 580 Å². The second kappa shape index (κ2) is 67.4. The predicted molar refractivity (Wildman–Crippen MR) is 386 cm³/mol. The molecule has 0 aromatic carbocycles. The number of hydrogen-bond donors (Lipinski definition) is 3. The maximum atomic E-state index is 13.1. The molecule has 0 spiro atoms. The highest BCUT2D eigenvalue weighted by atomic mass is 31.2. The van der Waals surface area contributed by atoms with E-state index >= 15 is 0 Å². The number of hydrogen-bond acceptors (Lipinski definition) is 15. The van der Waals surface area contributed by atoms with Crippen molar-refractivity contribution >= 4 is 39.5 Å². The number of unbranched alkanes of at least 4 members (excludes halogenated alkanes) is 40. The normalized spacial score (nSPS) is 14.2. The first kappa shape index (κ1) is 92.5. The molecule has 0 heterocycles. The van der Waals surface area contributed by atoms with E-state index in [-0.39, 0.29) is 25.7 Å². The lowest BCUT2D eigenvalue weighted by molar-refractivity contribution is -0.161. The van der Waals surface area contributed by atoms with Crippen LogP contribution in [0.25, 0.3) is 0 Å². The Morgan fingerprint density at radius 2 is 0.568 bits per heavy atom. The van der Waals surface area contributed by atoms with E-state index < -0.39 is 97.5 Å². The standard InChI is InChI=1S/C76H144O17P2/c1-7-9-11-13-15-17-19-21-23-27-30-34-40-46-52-58-73(78)86-64-71(92-75(80)61-55-49-42-36-32-28-24-25-29-33-38-44-50-56-68(3)4)66-90-94(82,83)88-62-70(77)63-89-95(84,85)91-67-72(65-87-74(79)59-53-47-43-37-39-45-51-57-69(5)6)93-76(81)60-54-48-41-35-31-26-22-20-18-16-14-12-10-8-2/h17,19,21,23,68-72,77H,7-16,18,20,22,24-67H2,1-6H3,(H,82,83)(H,84,85)/b19-17-,23-21-/t70-,71-,72-/m1/s1. The highest BCUT2D eigenvalue weighted by Crippen LogP contribution is 2.45. The van der Waals surface area contributed by atoms with E-state index in [1.807, 2.05) is 0 Å². The van der Waals surface area contributed by atoms with Crippen LogP contribution in [-0.2, 0) is 65.4 Å². The molecule has 0 rings (SSSR count). The Bertz CT molecular complexity index is 1930. The van der Waals surface area contributed by atoms with Gasteiger partial charge in [0.2, 0.25) is 0 Å². The second-order valence-electron chi connectivity index (χ2n) is 27.7. The molecule has 0 saturated carbocycles. The summed E-state index contributed by atoms with van der Waals surface area (Å²) in [6.07, 6.45) is 57.7. The van der Waals surface area contributed by atoms with Gasteiger partial charge in [0.05, 0.1) is 26.4 Å². The average molecular weight is 1390 g/mol. The van der Waals surface area contributed by atoms with Crippen LogP contribution in [0.4, 0.5) is 0 Å². The number of ether oxygens (including phenoxy) is 4. The largest absolute Gasteiger partial charge is 0.472 e. The number of phosphoric acid groups is 2. The molecule has 5 atom stereocenters. The van der Waals surface area contributed by atoms with E-state index in [0.29, 0.717) is 31.6 Å². The van der Waals surface area contributed by atoms with E-state index in [2.05, 4.69) is 65.8 Å². The zero-order valence-electron chi connectivity index (χ0n) is 61.5. The summed E-state index contributed by atoms with van der Waals surface area (Å²) in [5.41, 5.74) is 0. The number of rotatable bonds is 73. The van der Waals surface area contributed by atoms with Gasteiger partial charge in [0.25, 0.3) is 0 Å². The van der Waals surface area contributed by atoms with E-state index in [1.54, 1.807) is 0 Å². The molecule has 17 nitrogen and oxygen atoms in total. The zero-order chi connectivity index (χ0) is 70.0. The Kier molecular flexibility index (Phi) is 65.6. The molecular formula is C76H144O17P2. The van der Waals surface area contributed by atoms with Gasteiger partial charge in [0.1, 0.15) is 19.3 Å². The van der Waals surface area contributed by atoms with Gasteiger partial charge in [-0.2, -0.15) is 0 Å². The third-order valence-electron chi connectivity index (χ3n) is 17.1. The van der Waals surface area contributed by atoms with Crippen molar-refractivity contribution in [3.63, 3.8) is 0 Å². The minimum Gasteiger partial charge on any atom is -0.462 e. The van der Waals surface area contributed by atoms with Crippen LogP contribution < -0.4 is 0 Å². The fraction of sp³-hybridized carbons (Fsp3) is 0.895. The van der Waals surface area contributed by atoms with Gasteiger partial charge in [0, 0.05) is 25.7 Å². The molecule has 0 aromatic heterocycles. The van der Waals surface area contributed by atoms with E-state index in [4.69, 9.17) is 37.0 Å². The molecule has 19 heteroatoms. The average Bonchev–Trinajstić information content (AvgIpc) is 1.44. The summed E-state index contributed by atoms with van der Waals surface area (Å²) in [6, 6.07) is 0. The van der Waals surface area contributed by atoms with Crippen molar-refractivity contribution in [3.8, 4) is 0 Å².